The molecule has 0 aliphatic heterocycles. The van der Waals surface area contributed by atoms with Crippen LogP contribution >= 0.6 is 0 Å². The number of pyridine rings is 1. The van der Waals surface area contributed by atoms with Crippen LogP contribution in [0.1, 0.15) is 37.0 Å². The normalized spacial score (nSPS) is 13.5. The van der Waals surface area contributed by atoms with Crippen molar-refractivity contribution in [3.8, 4) is 0 Å². The van der Waals surface area contributed by atoms with E-state index in [0.717, 1.165) is 6.20 Å². The van der Waals surface area contributed by atoms with E-state index < -0.39 is 23.2 Å². The summed E-state index contributed by atoms with van der Waals surface area (Å²) in [7, 11) is 1.25. The zero-order valence-electron chi connectivity index (χ0n) is 11.2. The lowest BCUT2D eigenvalue weighted by molar-refractivity contribution is -0.147. The van der Waals surface area contributed by atoms with Gasteiger partial charge in [-0.05, 0) is 19.4 Å². The van der Waals surface area contributed by atoms with E-state index >= 15 is 0 Å². The van der Waals surface area contributed by atoms with Crippen molar-refractivity contribution in [2.24, 2.45) is 0 Å². The van der Waals surface area contributed by atoms with E-state index in [2.05, 4.69) is 15.0 Å². The topological polar surface area (TPSA) is 68.3 Å². The third kappa shape index (κ3) is 3.49. The van der Waals surface area contributed by atoms with Gasteiger partial charge in [0.25, 0.3) is 5.91 Å². The summed E-state index contributed by atoms with van der Waals surface area (Å²) in [4.78, 5) is 27.3. The maximum Gasteiger partial charge on any atom is 0.331 e. The Hall–Kier alpha value is -1.98. The largest absolute Gasteiger partial charge is 0.467 e. The second-order valence-corrected chi connectivity index (χ2v) is 4.38. The van der Waals surface area contributed by atoms with Crippen LogP contribution in [0, 0.1) is 5.82 Å². The highest BCUT2D eigenvalue weighted by molar-refractivity contribution is 5.98. The second kappa shape index (κ2) is 6.26. The van der Waals surface area contributed by atoms with Gasteiger partial charge in [-0.3, -0.25) is 9.78 Å². The number of hydrogen-bond donors (Lipinski definition) is 1. The van der Waals surface area contributed by atoms with Crippen molar-refractivity contribution in [2.75, 3.05) is 7.11 Å². The molecule has 1 unspecified atom stereocenters. The van der Waals surface area contributed by atoms with Gasteiger partial charge in [-0.15, -0.1) is 0 Å². The predicted octanol–water partition coefficient (Wildman–Crippen LogP) is 1.68. The SMILES string of the molecule is CCCC(C)(NC(=O)c1ccncc1F)C(=O)OC. The molecule has 1 aromatic heterocycles. The van der Waals surface area contributed by atoms with Gasteiger partial charge in [0, 0.05) is 6.20 Å². The molecule has 1 amide bonds. The molecule has 104 valence electrons. The molecule has 1 atom stereocenters. The molecule has 1 aromatic rings. The Kier molecular flexibility index (Phi) is 4.97. The van der Waals surface area contributed by atoms with Gasteiger partial charge in [-0.1, -0.05) is 13.3 Å². The third-order valence-corrected chi connectivity index (χ3v) is 2.79. The summed E-state index contributed by atoms with van der Waals surface area (Å²) in [6, 6.07) is 1.26. The summed E-state index contributed by atoms with van der Waals surface area (Å²) < 4.78 is 18.1. The Bertz CT molecular complexity index is 479. The number of ether oxygens (including phenoxy) is 1. The molecule has 0 aliphatic carbocycles. The van der Waals surface area contributed by atoms with Gasteiger partial charge in [0.1, 0.15) is 5.54 Å². The maximum atomic E-state index is 13.4. The molecule has 5 nitrogen and oxygen atoms in total. The predicted molar refractivity (Wildman–Crippen MR) is 67.0 cm³/mol. The Balaban J connectivity index is 2.95. The highest BCUT2D eigenvalue weighted by Gasteiger charge is 2.35. The summed E-state index contributed by atoms with van der Waals surface area (Å²) in [6.07, 6.45) is 3.33. The Morgan fingerprint density at radius 2 is 2.21 bits per heavy atom. The van der Waals surface area contributed by atoms with E-state index in [1.165, 1.54) is 19.4 Å². The lowest BCUT2D eigenvalue weighted by Gasteiger charge is -2.27. The van der Waals surface area contributed by atoms with Crippen LogP contribution in [0.3, 0.4) is 0 Å². The summed E-state index contributed by atoms with van der Waals surface area (Å²) in [6.45, 7) is 3.43. The van der Waals surface area contributed by atoms with Gasteiger partial charge in [0.2, 0.25) is 0 Å². The van der Waals surface area contributed by atoms with Crippen molar-refractivity contribution >= 4 is 11.9 Å². The van der Waals surface area contributed by atoms with E-state index in [1.807, 2.05) is 6.92 Å². The first-order valence-corrected chi connectivity index (χ1v) is 5.95. The standard InChI is InChI=1S/C13H17FN2O3/c1-4-6-13(2,12(18)19-3)16-11(17)9-5-7-15-8-10(9)14/h5,7-8H,4,6H2,1-3H3,(H,16,17). The fraction of sp³-hybridized carbons (Fsp3) is 0.462. The van der Waals surface area contributed by atoms with Crippen molar-refractivity contribution in [1.29, 1.82) is 0 Å². The first kappa shape index (κ1) is 15.1. The van der Waals surface area contributed by atoms with E-state index in [0.29, 0.717) is 12.8 Å². The number of aromatic nitrogens is 1. The fourth-order valence-electron chi connectivity index (χ4n) is 1.82. The molecule has 6 heteroatoms. The van der Waals surface area contributed by atoms with E-state index in [1.54, 1.807) is 6.92 Å². The van der Waals surface area contributed by atoms with Crippen LogP contribution in [0.25, 0.3) is 0 Å². The fourth-order valence-corrected chi connectivity index (χ4v) is 1.82. The van der Waals surface area contributed by atoms with Crippen LogP contribution in [0.2, 0.25) is 0 Å². The average Bonchev–Trinajstić information content (AvgIpc) is 2.38. The van der Waals surface area contributed by atoms with Crippen LogP contribution in [-0.2, 0) is 9.53 Å². The molecule has 0 saturated carbocycles. The van der Waals surface area contributed by atoms with Gasteiger partial charge in [-0.25, -0.2) is 9.18 Å². The highest BCUT2D eigenvalue weighted by atomic mass is 19.1. The first-order valence-electron chi connectivity index (χ1n) is 5.95. The van der Waals surface area contributed by atoms with E-state index in [4.69, 9.17) is 0 Å². The number of nitrogens with zero attached hydrogens (tertiary/aromatic N) is 1. The maximum absolute atomic E-state index is 13.4. The van der Waals surface area contributed by atoms with Crippen LogP contribution in [0.15, 0.2) is 18.5 Å². The van der Waals surface area contributed by atoms with Crippen LogP contribution in [-0.4, -0.2) is 29.5 Å². The quantitative estimate of drug-likeness (QED) is 0.825. The van der Waals surface area contributed by atoms with Gasteiger partial charge in [-0.2, -0.15) is 0 Å². The highest BCUT2D eigenvalue weighted by Crippen LogP contribution is 2.16. The minimum Gasteiger partial charge on any atom is -0.467 e. The Labute approximate surface area is 111 Å². The molecule has 19 heavy (non-hydrogen) atoms. The van der Waals surface area contributed by atoms with Crippen LogP contribution < -0.4 is 5.32 Å². The zero-order chi connectivity index (χ0) is 14.5. The first-order chi connectivity index (χ1) is 8.94. The number of hydrogen-bond acceptors (Lipinski definition) is 4. The zero-order valence-corrected chi connectivity index (χ0v) is 11.2. The number of methoxy groups -OCH3 is 1. The molecule has 0 aliphatic rings. The van der Waals surface area contributed by atoms with Crippen molar-refractivity contribution in [3.63, 3.8) is 0 Å². The molecular weight excluding hydrogens is 251 g/mol. The molecule has 0 bridgehead atoms. The van der Waals surface area contributed by atoms with E-state index in [-0.39, 0.29) is 5.56 Å². The minimum atomic E-state index is -1.17. The number of rotatable bonds is 5. The summed E-state index contributed by atoms with van der Waals surface area (Å²) in [5.74, 6) is -1.96. The summed E-state index contributed by atoms with van der Waals surface area (Å²) in [5.41, 5.74) is -1.32. The summed E-state index contributed by atoms with van der Waals surface area (Å²) >= 11 is 0. The van der Waals surface area contributed by atoms with Gasteiger partial charge in [0.15, 0.2) is 5.82 Å². The van der Waals surface area contributed by atoms with Crippen molar-refractivity contribution in [1.82, 2.24) is 10.3 Å². The van der Waals surface area contributed by atoms with Crippen LogP contribution in [0.4, 0.5) is 4.39 Å². The molecule has 0 aromatic carbocycles. The number of esters is 1. The van der Waals surface area contributed by atoms with Gasteiger partial charge >= 0.3 is 5.97 Å². The van der Waals surface area contributed by atoms with Crippen molar-refractivity contribution < 1.29 is 18.7 Å². The van der Waals surface area contributed by atoms with Gasteiger partial charge in [0.05, 0.1) is 18.9 Å². The number of nitrogens with one attached hydrogen (secondary N) is 1. The monoisotopic (exact) mass is 268 g/mol. The number of carbonyl (C=O) groups excluding carboxylic acids is 2. The Morgan fingerprint density at radius 3 is 2.74 bits per heavy atom. The number of halogens is 1. The molecule has 0 fully saturated rings. The van der Waals surface area contributed by atoms with Crippen molar-refractivity contribution in [3.05, 3.63) is 29.8 Å². The lowest BCUT2D eigenvalue weighted by Crippen LogP contribution is -2.52. The number of amides is 1. The molecule has 0 saturated heterocycles. The van der Waals surface area contributed by atoms with Crippen molar-refractivity contribution in [2.45, 2.75) is 32.2 Å². The molecule has 1 rings (SSSR count). The molecule has 1 heterocycles. The van der Waals surface area contributed by atoms with Gasteiger partial charge < -0.3 is 10.1 Å². The number of carbonyl (C=O) groups is 2. The second-order valence-electron chi connectivity index (χ2n) is 4.38. The summed E-state index contributed by atoms with van der Waals surface area (Å²) in [5, 5.41) is 2.52. The minimum absolute atomic E-state index is 0.152. The molecular formula is C13H17FN2O3. The third-order valence-electron chi connectivity index (χ3n) is 2.79. The average molecular weight is 268 g/mol. The molecule has 0 spiro atoms. The molecule has 0 radical (unpaired) electrons. The Morgan fingerprint density at radius 1 is 1.53 bits per heavy atom. The van der Waals surface area contributed by atoms with E-state index in [9.17, 15) is 14.0 Å². The lowest BCUT2D eigenvalue weighted by atomic mass is 9.95. The molecule has 1 N–H and O–H groups in total. The van der Waals surface area contributed by atoms with Crippen LogP contribution in [0.5, 0.6) is 0 Å². The smallest absolute Gasteiger partial charge is 0.331 e.